The predicted molar refractivity (Wildman–Crippen MR) is 65.2 cm³/mol. The first-order valence-corrected chi connectivity index (χ1v) is 6.07. The Labute approximate surface area is 105 Å². The van der Waals surface area contributed by atoms with E-state index in [-0.39, 0.29) is 23.6 Å². The number of carbonyl (C=O) groups excluding carboxylic acids is 1. The van der Waals surface area contributed by atoms with E-state index in [4.69, 9.17) is 0 Å². The van der Waals surface area contributed by atoms with Crippen LogP contribution in [0.2, 0.25) is 0 Å². The Morgan fingerprint density at radius 2 is 2.17 bits per heavy atom. The first-order chi connectivity index (χ1) is 8.58. The lowest BCUT2D eigenvalue weighted by molar-refractivity contribution is -0.121. The van der Waals surface area contributed by atoms with E-state index >= 15 is 0 Å². The van der Waals surface area contributed by atoms with Gasteiger partial charge in [-0.2, -0.15) is 0 Å². The second-order valence-corrected chi connectivity index (χ2v) is 4.61. The standard InChI is InChI=1S/C13H16F2N2O/c1-8-10(3-2-6-16-8)13(18)17-9-4-5-11(14)12(15)7-9/h4-5,7-8,10,16H,2-3,6H2,1H3,(H,17,18). The Balaban J connectivity index is 2.04. The number of nitrogens with one attached hydrogen (secondary N) is 2. The molecular weight excluding hydrogens is 238 g/mol. The SMILES string of the molecule is CC1NCCCC1C(=O)Nc1ccc(F)c(F)c1. The molecule has 1 aliphatic rings. The Morgan fingerprint density at radius 3 is 2.83 bits per heavy atom. The van der Waals surface area contributed by atoms with Gasteiger partial charge in [0.15, 0.2) is 11.6 Å². The van der Waals surface area contributed by atoms with Crippen molar-refractivity contribution in [1.82, 2.24) is 5.32 Å². The van der Waals surface area contributed by atoms with Crippen molar-refractivity contribution in [2.24, 2.45) is 5.92 Å². The van der Waals surface area contributed by atoms with Gasteiger partial charge in [-0.05, 0) is 38.4 Å². The lowest BCUT2D eigenvalue weighted by Gasteiger charge is -2.28. The van der Waals surface area contributed by atoms with Crippen molar-refractivity contribution in [2.75, 3.05) is 11.9 Å². The summed E-state index contributed by atoms with van der Waals surface area (Å²) in [5.41, 5.74) is 0.289. The van der Waals surface area contributed by atoms with E-state index in [1.54, 1.807) is 0 Å². The fourth-order valence-electron chi connectivity index (χ4n) is 2.21. The van der Waals surface area contributed by atoms with Gasteiger partial charge in [0, 0.05) is 17.8 Å². The van der Waals surface area contributed by atoms with Crippen LogP contribution in [0.3, 0.4) is 0 Å². The van der Waals surface area contributed by atoms with Gasteiger partial charge in [0.2, 0.25) is 5.91 Å². The molecule has 0 spiro atoms. The summed E-state index contributed by atoms with van der Waals surface area (Å²) in [5, 5.41) is 5.85. The summed E-state index contributed by atoms with van der Waals surface area (Å²) >= 11 is 0. The average molecular weight is 254 g/mol. The maximum absolute atomic E-state index is 13.0. The van der Waals surface area contributed by atoms with E-state index < -0.39 is 11.6 Å². The Hall–Kier alpha value is -1.49. The number of piperidine rings is 1. The number of hydrogen-bond acceptors (Lipinski definition) is 2. The zero-order valence-corrected chi connectivity index (χ0v) is 10.2. The summed E-state index contributed by atoms with van der Waals surface area (Å²) in [6, 6.07) is 3.46. The van der Waals surface area contributed by atoms with Crippen molar-refractivity contribution in [2.45, 2.75) is 25.8 Å². The molecule has 2 atom stereocenters. The maximum Gasteiger partial charge on any atom is 0.229 e. The Bertz CT molecular complexity index is 451. The van der Waals surface area contributed by atoms with E-state index in [0.29, 0.717) is 0 Å². The molecule has 0 radical (unpaired) electrons. The van der Waals surface area contributed by atoms with Crippen LogP contribution in [0.5, 0.6) is 0 Å². The van der Waals surface area contributed by atoms with Crippen molar-refractivity contribution in [3.05, 3.63) is 29.8 Å². The molecule has 3 nitrogen and oxygen atoms in total. The lowest BCUT2D eigenvalue weighted by atomic mass is 9.91. The van der Waals surface area contributed by atoms with Gasteiger partial charge >= 0.3 is 0 Å². The number of amides is 1. The number of carbonyl (C=O) groups is 1. The van der Waals surface area contributed by atoms with Crippen LogP contribution in [-0.4, -0.2) is 18.5 Å². The fourth-order valence-corrected chi connectivity index (χ4v) is 2.21. The molecule has 0 aromatic heterocycles. The minimum Gasteiger partial charge on any atom is -0.326 e. The van der Waals surface area contributed by atoms with Gasteiger partial charge in [-0.15, -0.1) is 0 Å². The molecule has 1 aromatic carbocycles. The molecule has 1 amide bonds. The molecule has 5 heteroatoms. The lowest BCUT2D eigenvalue weighted by Crippen LogP contribution is -2.44. The van der Waals surface area contributed by atoms with Crippen molar-refractivity contribution in [3.8, 4) is 0 Å². The van der Waals surface area contributed by atoms with Gasteiger partial charge in [0.1, 0.15) is 0 Å². The van der Waals surface area contributed by atoms with E-state index in [9.17, 15) is 13.6 Å². The first kappa shape index (κ1) is 13.0. The molecule has 0 saturated carbocycles. The van der Waals surface area contributed by atoms with Gasteiger partial charge in [0.25, 0.3) is 0 Å². The van der Waals surface area contributed by atoms with Gasteiger partial charge in [-0.25, -0.2) is 8.78 Å². The van der Waals surface area contributed by atoms with Gasteiger partial charge in [0.05, 0.1) is 5.92 Å². The average Bonchev–Trinajstić information content (AvgIpc) is 2.34. The molecule has 0 bridgehead atoms. The van der Waals surface area contributed by atoms with Crippen molar-refractivity contribution < 1.29 is 13.6 Å². The van der Waals surface area contributed by atoms with Crippen LogP contribution in [0.1, 0.15) is 19.8 Å². The quantitative estimate of drug-likeness (QED) is 0.850. The summed E-state index contributed by atoms with van der Waals surface area (Å²) in [4.78, 5) is 12.0. The molecule has 1 fully saturated rings. The van der Waals surface area contributed by atoms with Crippen LogP contribution in [0.25, 0.3) is 0 Å². The first-order valence-electron chi connectivity index (χ1n) is 6.07. The molecule has 1 saturated heterocycles. The summed E-state index contributed by atoms with van der Waals surface area (Å²) in [5.74, 6) is -2.16. The van der Waals surface area contributed by atoms with Crippen LogP contribution in [0.15, 0.2) is 18.2 Å². The molecule has 1 aromatic rings. The smallest absolute Gasteiger partial charge is 0.229 e. The third-order valence-electron chi connectivity index (χ3n) is 3.29. The highest BCUT2D eigenvalue weighted by molar-refractivity contribution is 5.93. The molecule has 1 aliphatic heterocycles. The number of halogens is 2. The largest absolute Gasteiger partial charge is 0.326 e. The highest BCUT2D eigenvalue weighted by Gasteiger charge is 2.27. The van der Waals surface area contributed by atoms with Gasteiger partial charge in [-0.3, -0.25) is 4.79 Å². The zero-order chi connectivity index (χ0) is 13.1. The summed E-state index contributed by atoms with van der Waals surface area (Å²) in [6.07, 6.45) is 1.75. The zero-order valence-electron chi connectivity index (χ0n) is 10.2. The second kappa shape index (κ2) is 5.44. The topological polar surface area (TPSA) is 41.1 Å². The van der Waals surface area contributed by atoms with Crippen molar-refractivity contribution >= 4 is 11.6 Å². The molecular formula is C13H16F2N2O. The van der Waals surface area contributed by atoms with Crippen molar-refractivity contribution in [1.29, 1.82) is 0 Å². The van der Waals surface area contributed by atoms with E-state index in [1.807, 2.05) is 6.92 Å². The number of benzene rings is 1. The molecule has 2 rings (SSSR count). The van der Waals surface area contributed by atoms with E-state index in [0.717, 1.165) is 31.5 Å². The van der Waals surface area contributed by atoms with E-state index in [1.165, 1.54) is 6.07 Å². The molecule has 2 N–H and O–H groups in total. The number of hydrogen-bond donors (Lipinski definition) is 2. The monoisotopic (exact) mass is 254 g/mol. The minimum atomic E-state index is -0.956. The fraction of sp³-hybridized carbons (Fsp3) is 0.462. The summed E-state index contributed by atoms with van der Waals surface area (Å²) < 4.78 is 25.8. The van der Waals surface area contributed by atoms with Gasteiger partial charge in [-0.1, -0.05) is 0 Å². The second-order valence-electron chi connectivity index (χ2n) is 4.61. The third kappa shape index (κ3) is 2.85. The number of rotatable bonds is 2. The van der Waals surface area contributed by atoms with Crippen LogP contribution in [-0.2, 0) is 4.79 Å². The molecule has 1 heterocycles. The molecule has 0 aliphatic carbocycles. The van der Waals surface area contributed by atoms with Crippen molar-refractivity contribution in [3.63, 3.8) is 0 Å². The highest BCUT2D eigenvalue weighted by atomic mass is 19.2. The van der Waals surface area contributed by atoms with Crippen LogP contribution in [0, 0.1) is 17.6 Å². The number of anilines is 1. The van der Waals surface area contributed by atoms with Gasteiger partial charge < -0.3 is 10.6 Å². The normalized spacial score (nSPS) is 23.7. The van der Waals surface area contributed by atoms with Crippen LogP contribution >= 0.6 is 0 Å². The predicted octanol–water partition coefficient (Wildman–Crippen LogP) is 2.29. The minimum absolute atomic E-state index is 0.101. The third-order valence-corrected chi connectivity index (χ3v) is 3.29. The maximum atomic E-state index is 13.0. The van der Waals surface area contributed by atoms with Crippen LogP contribution < -0.4 is 10.6 Å². The summed E-state index contributed by atoms with van der Waals surface area (Å²) in [6.45, 7) is 2.87. The Morgan fingerprint density at radius 1 is 1.39 bits per heavy atom. The Kier molecular flexibility index (Phi) is 3.91. The highest BCUT2D eigenvalue weighted by Crippen LogP contribution is 2.19. The molecule has 18 heavy (non-hydrogen) atoms. The van der Waals surface area contributed by atoms with Crippen LogP contribution in [0.4, 0.5) is 14.5 Å². The summed E-state index contributed by atoms with van der Waals surface area (Å²) in [7, 11) is 0. The molecule has 2 unspecified atom stereocenters. The molecule has 98 valence electrons. The van der Waals surface area contributed by atoms with E-state index in [2.05, 4.69) is 10.6 Å².